The van der Waals surface area contributed by atoms with E-state index in [0.717, 1.165) is 29.5 Å². The number of amidine groups is 1. The van der Waals surface area contributed by atoms with E-state index in [2.05, 4.69) is 30.4 Å². The Morgan fingerprint density at radius 1 is 1.40 bits per heavy atom. The standard InChI is InChI=1S/C20H17IN6O3/c1-10(28)16-7-15(24-20-26-21-9-27(16)20)19(30)23-14-5-3-11-6-12(2-4-13(11)14)18-22-8-17(29)25-18/h2,4,6-7,9,14,28H,1,3,5,8H2,(H,23,30)(H,22,25,29). The number of hydrogen-bond acceptors (Lipinski definition) is 7. The zero-order chi connectivity index (χ0) is 20.8. The number of carbonyl (C=O) groups is 2. The predicted molar refractivity (Wildman–Crippen MR) is 122 cm³/mol. The number of amides is 2. The molecule has 2 amide bonds. The number of fused-ring (bicyclic) bond motifs is 2. The Hall–Kier alpha value is -3.15. The van der Waals surface area contributed by atoms with Gasteiger partial charge < -0.3 is 15.7 Å². The summed E-state index contributed by atoms with van der Waals surface area (Å²) in [5, 5.41) is 15.7. The van der Waals surface area contributed by atoms with Crippen molar-refractivity contribution in [3.63, 3.8) is 0 Å². The molecule has 1 unspecified atom stereocenters. The van der Waals surface area contributed by atoms with E-state index in [9.17, 15) is 14.7 Å². The van der Waals surface area contributed by atoms with Crippen molar-refractivity contribution >= 4 is 54.5 Å². The van der Waals surface area contributed by atoms with Gasteiger partial charge in [-0.1, -0.05) is 18.7 Å². The quantitative estimate of drug-likeness (QED) is 0.414. The molecule has 4 aliphatic rings. The van der Waals surface area contributed by atoms with E-state index in [1.54, 1.807) is 4.90 Å². The van der Waals surface area contributed by atoms with Crippen molar-refractivity contribution in [1.29, 1.82) is 0 Å². The highest BCUT2D eigenvalue weighted by Gasteiger charge is 2.30. The Bertz CT molecular complexity index is 1160. The molecule has 5 rings (SSSR count). The number of aliphatic imine (C=N–C) groups is 2. The zero-order valence-electron chi connectivity index (χ0n) is 15.7. The number of benzene rings is 1. The molecule has 0 saturated heterocycles. The van der Waals surface area contributed by atoms with Gasteiger partial charge in [-0.05, 0) is 36.1 Å². The normalized spacial score (nSPS) is 21.5. The van der Waals surface area contributed by atoms with Crippen molar-refractivity contribution < 1.29 is 14.7 Å². The third-order valence-corrected chi connectivity index (χ3v) is 6.72. The van der Waals surface area contributed by atoms with Crippen molar-refractivity contribution in [1.82, 2.24) is 15.5 Å². The van der Waals surface area contributed by atoms with Gasteiger partial charge in [0, 0.05) is 26.6 Å². The first kappa shape index (κ1) is 18.9. The lowest BCUT2D eigenvalue weighted by molar-refractivity contribution is -0.117. The lowest BCUT2D eigenvalue weighted by Gasteiger charge is -2.23. The number of aryl methyl sites for hydroxylation is 1. The highest BCUT2D eigenvalue weighted by molar-refractivity contribution is 14.2. The SMILES string of the molecule is C=C(O)C1=CC(C(=O)NC2CCc3cc(C4=NCC(=O)N4)ccc32)=NC2=NI=CN12. The Labute approximate surface area is 182 Å². The van der Waals surface area contributed by atoms with Crippen LogP contribution in [0.5, 0.6) is 0 Å². The molecular weight excluding hydrogens is 499 g/mol. The molecular formula is C20H17IN6O3. The molecule has 0 radical (unpaired) electrons. The number of aliphatic hydroxyl groups excluding tert-OH is 1. The van der Waals surface area contributed by atoms with E-state index >= 15 is 0 Å². The minimum atomic E-state index is -0.541. The first-order valence-electron chi connectivity index (χ1n) is 9.30. The number of halogens is 1. The van der Waals surface area contributed by atoms with Crippen molar-refractivity contribution in [2.75, 3.05) is 6.54 Å². The number of nitrogens with one attached hydrogen (secondary N) is 2. The molecule has 152 valence electrons. The first-order valence-corrected chi connectivity index (χ1v) is 11.5. The Morgan fingerprint density at radius 3 is 3.03 bits per heavy atom. The van der Waals surface area contributed by atoms with Crippen molar-refractivity contribution in [2.45, 2.75) is 18.9 Å². The molecule has 0 aromatic heterocycles. The molecule has 3 N–H and O–H groups in total. The average molecular weight is 516 g/mol. The third kappa shape index (κ3) is 3.26. The van der Waals surface area contributed by atoms with Gasteiger partial charge in [0.2, 0.25) is 11.9 Å². The van der Waals surface area contributed by atoms with E-state index in [0.29, 0.717) is 17.5 Å². The minimum absolute atomic E-state index is 0.105. The van der Waals surface area contributed by atoms with E-state index < -0.39 is 21.0 Å². The molecule has 3 heterocycles. The summed E-state index contributed by atoms with van der Waals surface area (Å²) in [5.74, 6) is 0.444. The molecule has 0 spiro atoms. The Morgan fingerprint density at radius 2 is 2.27 bits per heavy atom. The summed E-state index contributed by atoms with van der Waals surface area (Å²) in [6, 6.07) is 5.75. The smallest absolute Gasteiger partial charge is 0.270 e. The molecule has 1 aromatic carbocycles. The summed E-state index contributed by atoms with van der Waals surface area (Å²) < 4.78 is 6.22. The van der Waals surface area contributed by atoms with Crippen molar-refractivity contribution in [3.8, 4) is 0 Å². The number of guanidine groups is 1. The summed E-state index contributed by atoms with van der Waals surface area (Å²) >= 11 is -0.541. The average Bonchev–Trinajstić information content (AvgIpc) is 3.46. The van der Waals surface area contributed by atoms with Crippen LogP contribution in [-0.4, -0.2) is 50.0 Å². The third-order valence-electron chi connectivity index (χ3n) is 5.20. The Balaban J connectivity index is 1.35. The van der Waals surface area contributed by atoms with Gasteiger partial charge in [-0.25, -0.2) is 4.99 Å². The fraction of sp³-hybridized carbons (Fsp3) is 0.200. The second kappa shape index (κ2) is 7.27. The highest BCUT2D eigenvalue weighted by Crippen LogP contribution is 2.32. The van der Waals surface area contributed by atoms with Gasteiger partial charge in [0.25, 0.3) is 5.91 Å². The van der Waals surface area contributed by atoms with Crippen LogP contribution >= 0.6 is 21.0 Å². The number of nitrogens with zero attached hydrogens (tertiary/aromatic N) is 4. The van der Waals surface area contributed by atoms with Crippen LogP contribution in [0.15, 0.2) is 55.5 Å². The second-order valence-corrected chi connectivity index (χ2v) is 8.71. The highest BCUT2D eigenvalue weighted by atomic mass is 127. The van der Waals surface area contributed by atoms with E-state index in [-0.39, 0.29) is 35.9 Å². The fourth-order valence-corrected chi connectivity index (χ4v) is 5.29. The molecule has 0 saturated carbocycles. The number of rotatable bonds is 4. The minimum Gasteiger partial charge on any atom is -0.506 e. The summed E-state index contributed by atoms with van der Waals surface area (Å²) in [6.45, 7) is 3.73. The summed E-state index contributed by atoms with van der Waals surface area (Å²) in [4.78, 5) is 34.5. The Kier molecular flexibility index (Phi) is 4.57. The van der Waals surface area contributed by atoms with Gasteiger partial charge in [0.15, 0.2) is 0 Å². The molecule has 1 atom stereocenters. The zero-order valence-corrected chi connectivity index (χ0v) is 17.9. The van der Waals surface area contributed by atoms with Crippen LogP contribution < -0.4 is 10.6 Å². The lowest BCUT2D eigenvalue weighted by atomic mass is 10.0. The number of aliphatic hydroxyl groups is 1. The van der Waals surface area contributed by atoms with Crippen LogP contribution in [0, 0.1) is 0 Å². The van der Waals surface area contributed by atoms with Crippen molar-refractivity contribution in [2.24, 2.45) is 13.2 Å². The van der Waals surface area contributed by atoms with E-state index in [1.165, 1.54) is 6.08 Å². The fourth-order valence-electron chi connectivity index (χ4n) is 3.78. The van der Waals surface area contributed by atoms with Gasteiger partial charge in [-0.2, -0.15) is 3.21 Å². The number of hydrogen-bond donors (Lipinski definition) is 3. The van der Waals surface area contributed by atoms with Gasteiger partial charge in [0.1, 0.15) is 23.9 Å². The molecule has 0 bridgehead atoms. The second-order valence-electron chi connectivity index (χ2n) is 7.11. The van der Waals surface area contributed by atoms with Gasteiger partial charge >= 0.3 is 0 Å². The molecule has 1 aromatic rings. The summed E-state index contributed by atoms with van der Waals surface area (Å²) in [7, 11) is 0. The molecule has 9 nitrogen and oxygen atoms in total. The summed E-state index contributed by atoms with van der Waals surface area (Å²) in [5.41, 5.74) is 3.65. The molecule has 1 aliphatic carbocycles. The summed E-state index contributed by atoms with van der Waals surface area (Å²) in [6.07, 6.45) is 3.12. The molecule has 10 heteroatoms. The van der Waals surface area contributed by atoms with Crippen LogP contribution in [0.25, 0.3) is 0 Å². The van der Waals surface area contributed by atoms with Crippen LogP contribution in [0.2, 0.25) is 0 Å². The predicted octanol–water partition coefficient (Wildman–Crippen LogP) is 1.39. The van der Waals surface area contributed by atoms with Crippen LogP contribution in [0.4, 0.5) is 0 Å². The van der Waals surface area contributed by atoms with Crippen LogP contribution in [0.3, 0.4) is 0 Å². The maximum atomic E-state index is 12.9. The monoisotopic (exact) mass is 516 g/mol. The maximum Gasteiger partial charge on any atom is 0.270 e. The lowest BCUT2D eigenvalue weighted by Crippen LogP contribution is -2.38. The van der Waals surface area contributed by atoms with Gasteiger partial charge in [0.05, 0.1) is 15.9 Å². The number of carbonyl (C=O) groups excluding carboxylic acids is 2. The topological polar surface area (TPSA) is 119 Å². The molecule has 3 aliphatic heterocycles. The van der Waals surface area contributed by atoms with Gasteiger partial charge in [-0.15, -0.1) is 0 Å². The van der Waals surface area contributed by atoms with E-state index in [4.69, 9.17) is 0 Å². The maximum absolute atomic E-state index is 12.9. The largest absolute Gasteiger partial charge is 0.506 e. The van der Waals surface area contributed by atoms with Crippen LogP contribution in [0.1, 0.15) is 29.2 Å². The molecule has 30 heavy (non-hydrogen) atoms. The van der Waals surface area contributed by atoms with Crippen LogP contribution in [-0.2, 0) is 16.0 Å². The first-order chi connectivity index (χ1) is 14.5. The molecule has 0 fully saturated rings. The van der Waals surface area contributed by atoms with Crippen molar-refractivity contribution in [3.05, 3.63) is 59.0 Å². The van der Waals surface area contributed by atoms with Gasteiger partial charge in [-0.3, -0.25) is 19.5 Å². The van der Waals surface area contributed by atoms with E-state index in [1.807, 2.05) is 22.3 Å².